The maximum Gasteiger partial charge on any atom is 0.261 e. The third-order valence-corrected chi connectivity index (χ3v) is 6.38. The van der Waals surface area contributed by atoms with E-state index in [9.17, 15) is 4.79 Å². The lowest BCUT2D eigenvalue weighted by Gasteiger charge is -2.00. The van der Waals surface area contributed by atoms with Gasteiger partial charge < -0.3 is 0 Å². The number of aromatic nitrogens is 4. The molecule has 3 heterocycles. The van der Waals surface area contributed by atoms with E-state index in [0.29, 0.717) is 22.9 Å². The number of nitrogens with zero attached hydrogens (tertiary/aromatic N) is 4. The van der Waals surface area contributed by atoms with Gasteiger partial charge in [-0.15, -0.1) is 21.5 Å². The minimum Gasteiger partial charge on any atom is -0.296 e. The zero-order valence-electron chi connectivity index (χ0n) is 16.3. The number of rotatable bonds is 6. The van der Waals surface area contributed by atoms with Crippen molar-refractivity contribution < 1.29 is 4.79 Å². The Balaban J connectivity index is 1.42. The first-order valence-electron chi connectivity index (χ1n) is 9.62. The summed E-state index contributed by atoms with van der Waals surface area (Å²) in [5.41, 5.74) is 3.26. The summed E-state index contributed by atoms with van der Waals surface area (Å²) in [7, 11) is 0. The molecule has 152 valence electrons. The molecular weight excluding hydrogens is 426 g/mol. The molecule has 6 nitrogen and oxygen atoms in total. The molecule has 0 saturated carbocycles. The number of hydrogen-bond donors (Lipinski definition) is 1. The Bertz CT molecular complexity index is 1290. The summed E-state index contributed by atoms with van der Waals surface area (Å²) < 4.78 is 1.80. The third kappa shape index (κ3) is 4.30. The van der Waals surface area contributed by atoms with Crippen LogP contribution < -0.4 is 5.32 Å². The number of carbonyl (C=O) groups is 1. The fraction of sp³-hybridized carbons (Fsp3) is 0.0435. The van der Waals surface area contributed by atoms with Gasteiger partial charge in [-0.05, 0) is 17.0 Å². The van der Waals surface area contributed by atoms with Crippen LogP contribution in [-0.2, 0) is 6.54 Å². The van der Waals surface area contributed by atoms with E-state index < -0.39 is 0 Å². The zero-order chi connectivity index (χ0) is 21.0. The van der Waals surface area contributed by atoms with Crippen molar-refractivity contribution in [3.8, 4) is 21.1 Å². The molecule has 0 fully saturated rings. The number of amides is 1. The minimum atomic E-state index is -0.251. The molecule has 0 atom stereocenters. The van der Waals surface area contributed by atoms with Crippen LogP contribution in [0.5, 0.6) is 0 Å². The lowest BCUT2D eigenvalue weighted by atomic mass is 10.2. The molecule has 5 rings (SSSR count). The van der Waals surface area contributed by atoms with Crippen molar-refractivity contribution in [2.24, 2.45) is 0 Å². The molecule has 31 heavy (non-hydrogen) atoms. The molecule has 5 aromatic rings. The first-order chi connectivity index (χ1) is 15.3. The minimum absolute atomic E-state index is 0.251. The molecule has 0 bridgehead atoms. The Morgan fingerprint density at radius 1 is 0.935 bits per heavy atom. The molecule has 0 radical (unpaired) electrons. The number of anilines is 1. The molecule has 0 unspecified atom stereocenters. The van der Waals surface area contributed by atoms with Crippen LogP contribution >= 0.6 is 22.7 Å². The summed E-state index contributed by atoms with van der Waals surface area (Å²) in [6.07, 6.45) is 1.79. The Morgan fingerprint density at radius 2 is 1.71 bits per heavy atom. The van der Waals surface area contributed by atoms with Crippen LogP contribution in [0.15, 0.2) is 84.4 Å². The normalized spacial score (nSPS) is 10.8. The van der Waals surface area contributed by atoms with Crippen molar-refractivity contribution in [2.45, 2.75) is 6.54 Å². The van der Waals surface area contributed by atoms with E-state index in [-0.39, 0.29) is 5.91 Å². The second kappa shape index (κ2) is 8.63. The molecule has 2 aromatic carbocycles. The van der Waals surface area contributed by atoms with Gasteiger partial charge in [0.2, 0.25) is 5.13 Å². The maximum atomic E-state index is 13.1. The van der Waals surface area contributed by atoms with Crippen LogP contribution in [0.2, 0.25) is 0 Å². The van der Waals surface area contributed by atoms with Gasteiger partial charge in [-0.1, -0.05) is 78.1 Å². The number of nitrogens with one attached hydrogen (secondary N) is 1. The Kier molecular flexibility index (Phi) is 5.39. The van der Waals surface area contributed by atoms with Crippen LogP contribution in [0.4, 0.5) is 5.13 Å². The van der Waals surface area contributed by atoms with Crippen molar-refractivity contribution in [3.63, 3.8) is 0 Å². The van der Waals surface area contributed by atoms with Crippen molar-refractivity contribution >= 4 is 33.7 Å². The first-order valence-corrected chi connectivity index (χ1v) is 11.3. The second-order valence-corrected chi connectivity index (χ2v) is 8.71. The quantitative estimate of drug-likeness (QED) is 0.380. The summed E-state index contributed by atoms with van der Waals surface area (Å²) in [6.45, 7) is 0.587. The summed E-state index contributed by atoms with van der Waals surface area (Å²) in [6, 6.07) is 23.7. The lowest BCUT2D eigenvalue weighted by molar-refractivity contribution is 0.102. The number of hydrogen-bond acceptors (Lipinski definition) is 6. The highest BCUT2D eigenvalue weighted by Gasteiger charge is 2.20. The Labute approximate surface area is 186 Å². The smallest absolute Gasteiger partial charge is 0.261 e. The van der Waals surface area contributed by atoms with Gasteiger partial charge >= 0.3 is 0 Å². The maximum absolute atomic E-state index is 13.1. The molecule has 8 heteroatoms. The lowest BCUT2D eigenvalue weighted by Crippen LogP contribution is -2.12. The summed E-state index contributed by atoms with van der Waals surface area (Å²) >= 11 is 2.90. The average molecular weight is 444 g/mol. The molecule has 0 aliphatic carbocycles. The highest BCUT2D eigenvalue weighted by Crippen LogP contribution is 2.29. The van der Waals surface area contributed by atoms with E-state index in [1.54, 1.807) is 22.2 Å². The van der Waals surface area contributed by atoms with Gasteiger partial charge in [0.15, 0.2) is 0 Å². The summed E-state index contributed by atoms with van der Waals surface area (Å²) in [4.78, 5) is 14.1. The van der Waals surface area contributed by atoms with Gasteiger partial charge in [0, 0.05) is 11.8 Å². The Hall–Kier alpha value is -3.62. The summed E-state index contributed by atoms with van der Waals surface area (Å²) in [5.74, 6) is -0.251. The van der Waals surface area contributed by atoms with Crippen LogP contribution in [0.25, 0.3) is 21.1 Å². The Morgan fingerprint density at radius 3 is 2.45 bits per heavy atom. The topological polar surface area (TPSA) is 72.7 Å². The molecule has 1 amide bonds. The predicted octanol–water partition coefficient (Wildman–Crippen LogP) is 5.43. The average Bonchev–Trinajstić information content (AvgIpc) is 3.56. The van der Waals surface area contributed by atoms with Crippen molar-refractivity contribution in [3.05, 3.63) is 95.5 Å². The SMILES string of the molecule is O=C(Nc1nnc(-c2ccccc2)s1)c1cn(Cc2ccccc2)nc1-c1cccs1. The molecule has 0 spiro atoms. The van der Waals surface area contributed by atoms with Crippen LogP contribution in [0, 0.1) is 0 Å². The van der Waals surface area contributed by atoms with E-state index in [1.165, 1.54) is 11.3 Å². The zero-order valence-corrected chi connectivity index (χ0v) is 17.9. The van der Waals surface area contributed by atoms with E-state index in [4.69, 9.17) is 5.10 Å². The van der Waals surface area contributed by atoms with E-state index >= 15 is 0 Å². The highest BCUT2D eigenvalue weighted by molar-refractivity contribution is 7.18. The van der Waals surface area contributed by atoms with Gasteiger partial charge in [-0.3, -0.25) is 14.8 Å². The van der Waals surface area contributed by atoms with Gasteiger partial charge in [0.1, 0.15) is 10.7 Å². The number of thiophene rings is 1. The second-order valence-electron chi connectivity index (χ2n) is 6.78. The van der Waals surface area contributed by atoms with Crippen LogP contribution in [0.1, 0.15) is 15.9 Å². The van der Waals surface area contributed by atoms with Gasteiger partial charge in [0.05, 0.1) is 17.0 Å². The predicted molar refractivity (Wildman–Crippen MR) is 124 cm³/mol. The fourth-order valence-corrected chi connectivity index (χ4v) is 4.64. The fourth-order valence-electron chi connectivity index (χ4n) is 3.17. The summed E-state index contributed by atoms with van der Waals surface area (Å²) in [5, 5.41) is 19.1. The first kappa shape index (κ1) is 19.3. The van der Waals surface area contributed by atoms with Crippen molar-refractivity contribution in [1.82, 2.24) is 20.0 Å². The molecular formula is C23H17N5OS2. The van der Waals surface area contributed by atoms with E-state index in [1.807, 2.05) is 78.2 Å². The van der Waals surface area contributed by atoms with E-state index in [2.05, 4.69) is 15.5 Å². The number of carbonyl (C=O) groups excluding carboxylic acids is 1. The highest BCUT2D eigenvalue weighted by atomic mass is 32.1. The standard InChI is InChI=1S/C23H17N5OS2/c29-21(24-23-26-25-22(31-23)17-10-5-2-6-11-17)18-15-28(14-16-8-3-1-4-9-16)27-20(18)19-12-7-13-30-19/h1-13,15H,14H2,(H,24,26,29). The third-order valence-electron chi connectivity index (χ3n) is 4.61. The molecule has 1 N–H and O–H groups in total. The van der Waals surface area contributed by atoms with Crippen LogP contribution in [0.3, 0.4) is 0 Å². The van der Waals surface area contributed by atoms with Crippen molar-refractivity contribution in [1.29, 1.82) is 0 Å². The van der Waals surface area contributed by atoms with Gasteiger partial charge in [-0.25, -0.2) is 0 Å². The monoisotopic (exact) mass is 443 g/mol. The molecule has 0 aliphatic rings. The van der Waals surface area contributed by atoms with Crippen LogP contribution in [-0.4, -0.2) is 25.9 Å². The molecule has 0 aliphatic heterocycles. The van der Waals surface area contributed by atoms with Crippen molar-refractivity contribution in [2.75, 3.05) is 5.32 Å². The number of benzene rings is 2. The van der Waals surface area contributed by atoms with Gasteiger partial charge in [0.25, 0.3) is 5.91 Å². The largest absolute Gasteiger partial charge is 0.296 e. The van der Waals surface area contributed by atoms with E-state index in [0.717, 1.165) is 21.0 Å². The molecule has 3 aromatic heterocycles. The van der Waals surface area contributed by atoms with Gasteiger partial charge in [-0.2, -0.15) is 5.10 Å². The molecule has 0 saturated heterocycles.